The maximum absolute atomic E-state index is 2.59. The molecule has 0 radical (unpaired) electrons. The first-order chi connectivity index (χ1) is 21.8. The van der Waals surface area contributed by atoms with Gasteiger partial charge in [-0.25, -0.2) is 9.13 Å². The van der Waals surface area contributed by atoms with Crippen molar-refractivity contribution in [3.8, 4) is 0 Å². The summed E-state index contributed by atoms with van der Waals surface area (Å²) in [6.45, 7) is 6.80. The van der Waals surface area contributed by atoms with Gasteiger partial charge in [-0.15, -0.1) is 0 Å². The van der Waals surface area contributed by atoms with E-state index in [9.17, 15) is 0 Å². The molecule has 2 rings (SSSR count). The van der Waals surface area contributed by atoms with Gasteiger partial charge >= 0.3 is 0 Å². The first-order valence-corrected chi connectivity index (χ1v) is 20.0. The minimum absolute atomic E-state index is 1.00. The van der Waals surface area contributed by atoms with Crippen molar-refractivity contribution in [3.63, 3.8) is 0 Å². The van der Waals surface area contributed by atoms with Crippen LogP contribution in [-0.2, 0) is 19.5 Å². The smallest absolute Gasteiger partial charge is 0.234 e. The maximum Gasteiger partial charge on any atom is 0.256 e. The number of nitrogens with zero attached hydrogens (tertiary/aromatic N) is 2. The van der Waals surface area contributed by atoms with E-state index in [4.69, 9.17) is 0 Å². The summed E-state index contributed by atoms with van der Waals surface area (Å²) in [4.78, 5) is 0. The van der Waals surface area contributed by atoms with Gasteiger partial charge in [0.2, 0.25) is 0 Å². The Bertz CT molecular complexity index is 854. The van der Waals surface area contributed by atoms with E-state index in [1.165, 1.54) is 198 Å². The number of hydrogen-bond donors (Lipinski definition) is 0. The molecule has 2 aromatic rings. The summed E-state index contributed by atoms with van der Waals surface area (Å²) >= 11 is 0. The Morgan fingerprint density at radius 3 is 1.27 bits per heavy atom. The Hall–Kier alpha value is -1.57. The topological polar surface area (TPSA) is 8.81 Å². The Balaban J connectivity index is 1.57. The SMILES string of the molecule is CCCCCCCCCCCCCCCCCCc1n(Cc2ccccc2)cc[n+]1CCCCCCCCCCCCCC. The molecule has 0 spiro atoms. The molecule has 0 aliphatic heterocycles. The van der Waals surface area contributed by atoms with Gasteiger partial charge in [-0.1, -0.05) is 205 Å². The van der Waals surface area contributed by atoms with E-state index in [2.05, 4.69) is 65.7 Å². The third-order valence-electron chi connectivity index (χ3n) is 9.79. The van der Waals surface area contributed by atoms with E-state index in [0.29, 0.717) is 0 Å². The summed E-state index contributed by atoms with van der Waals surface area (Å²) in [6.07, 6.45) is 45.9. The summed E-state index contributed by atoms with van der Waals surface area (Å²) < 4.78 is 5.12. The maximum atomic E-state index is 2.59. The van der Waals surface area contributed by atoms with Crippen LogP contribution in [0.3, 0.4) is 0 Å². The van der Waals surface area contributed by atoms with Crippen LogP contribution >= 0.6 is 0 Å². The van der Waals surface area contributed by atoms with Gasteiger partial charge in [0.15, 0.2) is 0 Å². The van der Waals surface area contributed by atoms with Gasteiger partial charge in [-0.2, -0.15) is 0 Å². The standard InChI is InChI=1S/C42H75N2/c1-3-5-7-9-11-13-15-17-18-19-20-21-23-25-27-32-36-42-43(38-39-44(42)40-41-34-30-29-31-35-41)37-33-28-26-24-22-16-14-12-10-8-6-4-2/h29-31,34-35,38-39H,3-28,32-33,36-37,40H2,1-2H3/q+1. The highest BCUT2D eigenvalue weighted by atomic mass is 15.1. The fourth-order valence-electron chi connectivity index (χ4n) is 6.87. The second kappa shape index (κ2) is 28.9. The molecule has 2 heteroatoms. The van der Waals surface area contributed by atoms with Crippen LogP contribution in [0.25, 0.3) is 0 Å². The third kappa shape index (κ3) is 20.5. The van der Waals surface area contributed by atoms with Crippen molar-refractivity contribution in [2.75, 3.05) is 0 Å². The zero-order chi connectivity index (χ0) is 31.2. The molecule has 1 heterocycles. The van der Waals surface area contributed by atoms with Crippen molar-refractivity contribution in [1.82, 2.24) is 4.57 Å². The van der Waals surface area contributed by atoms with E-state index in [1.54, 1.807) is 5.82 Å². The Morgan fingerprint density at radius 2 is 0.841 bits per heavy atom. The van der Waals surface area contributed by atoms with Gasteiger partial charge < -0.3 is 0 Å². The van der Waals surface area contributed by atoms with Crippen molar-refractivity contribution in [3.05, 3.63) is 54.1 Å². The number of rotatable bonds is 32. The molecule has 1 aromatic heterocycles. The van der Waals surface area contributed by atoms with E-state index >= 15 is 0 Å². The highest BCUT2D eigenvalue weighted by Crippen LogP contribution is 2.16. The van der Waals surface area contributed by atoms with Crippen LogP contribution in [0.15, 0.2) is 42.7 Å². The highest BCUT2D eigenvalue weighted by molar-refractivity contribution is 5.15. The zero-order valence-corrected chi connectivity index (χ0v) is 29.9. The van der Waals surface area contributed by atoms with Gasteiger partial charge in [-0.3, -0.25) is 0 Å². The number of benzene rings is 1. The van der Waals surface area contributed by atoms with Crippen LogP contribution in [0.1, 0.15) is 205 Å². The minimum Gasteiger partial charge on any atom is -0.234 e. The van der Waals surface area contributed by atoms with Gasteiger partial charge in [0.05, 0.1) is 6.54 Å². The zero-order valence-electron chi connectivity index (χ0n) is 29.9. The van der Waals surface area contributed by atoms with Crippen molar-refractivity contribution >= 4 is 0 Å². The molecule has 0 N–H and O–H groups in total. The largest absolute Gasteiger partial charge is 0.256 e. The van der Waals surface area contributed by atoms with Gasteiger partial charge in [0.25, 0.3) is 5.82 Å². The molecular formula is C42H75N2+. The van der Waals surface area contributed by atoms with Gasteiger partial charge in [0, 0.05) is 6.42 Å². The molecule has 252 valence electrons. The van der Waals surface area contributed by atoms with Crippen LogP contribution in [0.5, 0.6) is 0 Å². The van der Waals surface area contributed by atoms with E-state index in [-0.39, 0.29) is 0 Å². The number of unbranched alkanes of at least 4 members (excludes halogenated alkanes) is 26. The average Bonchev–Trinajstić information content (AvgIpc) is 3.42. The lowest BCUT2D eigenvalue weighted by molar-refractivity contribution is -0.704. The van der Waals surface area contributed by atoms with Crippen molar-refractivity contribution in [2.45, 2.75) is 213 Å². The molecule has 0 saturated carbocycles. The first kappa shape index (κ1) is 38.6. The molecule has 44 heavy (non-hydrogen) atoms. The van der Waals surface area contributed by atoms with Crippen LogP contribution < -0.4 is 4.57 Å². The van der Waals surface area contributed by atoms with E-state index in [1.807, 2.05) is 0 Å². The Morgan fingerprint density at radius 1 is 0.455 bits per heavy atom. The average molecular weight is 608 g/mol. The number of aromatic nitrogens is 2. The fourth-order valence-corrected chi connectivity index (χ4v) is 6.87. The third-order valence-corrected chi connectivity index (χ3v) is 9.79. The number of aryl methyl sites for hydroxylation is 1. The summed E-state index contributed by atoms with van der Waals surface area (Å²) in [5.41, 5.74) is 1.41. The molecular weight excluding hydrogens is 532 g/mol. The quantitative estimate of drug-likeness (QED) is 0.0578. The monoisotopic (exact) mass is 608 g/mol. The summed E-state index contributed by atoms with van der Waals surface area (Å²) in [6, 6.07) is 11.0. The van der Waals surface area contributed by atoms with Gasteiger partial charge in [0.1, 0.15) is 18.9 Å². The molecule has 0 saturated heterocycles. The molecule has 0 atom stereocenters. The molecule has 0 aliphatic rings. The van der Waals surface area contributed by atoms with Crippen LogP contribution in [0, 0.1) is 0 Å². The summed E-state index contributed by atoms with van der Waals surface area (Å²) in [5.74, 6) is 1.54. The van der Waals surface area contributed by atoms with E-state index < -0.39 is 0 Å². The van der Waals surface area contributed by atoms with Crippen molar-refractivity contribution < 1.29 is 4.57 Å². The fraction of sp³-hybridized carbons (Fsp3) is 0.786. The van der Waals surface area contributed by atoms with Crippen molar-refractivity contribution in [2.24, 2.45) is 0 Å². The molecule has 0 bridgehead atoms. The lowest BCUT2D eigenvalue weighted by Gasteiger charge is -2.07. The molecule has 1 aromatic carbocycles. The Labute approximate surface area is 275 Å². The second-order valence-corrected chi connectivity index (χ2v) is 14.0. The molecule has 0 fully saturated rings. The molecule has 0 amide bonds. The number of hydrogen-bond acceptors (Lipinski definition) is 0. The lowest BCUT2D eigenvalue weighted by atomic mass is 10.0. The minimum atomic E-state index is 1.00. The van der Waals surface area contributed by atoms with E-state index in [0.717, 1.165) is 6.54 Å². The highest BCUT2D eigenvalue weighted by Gasteiger charge is 2.17. The predicted octanol–water partition coefficient (Wildman–Crippen LogP) is 13.3. The summed E-state index contributed by atoms with van der Waals surface area (Å²) in [5, 5.41) is 0. The van der Waals surface area contributed by atoms with Crippen LogP contribution in [-0.4, -0.2) is 4.57 Å². The molecule has 0 unspecified atom stereocenters. The molecule has 0 aliphatic carbocycles. The normalized spacial score (nSPS) is 11.5. The summed E-state index contributed by atoms with van der Waals surface area (Å²) in [7, 11) is 0. The van der Waals surface area contributed by atoms with Gasteiger partial charge in [-0.05, 0) is 24.8 Å². The molecule has 2 nitrogen and oxygen atoms in total. The number of imidazole rings is 1. The predicted molar refractivity (Wildman–Crippen MR) is 194 cm³/mol. The van der Waals surface area contributed by atoms with Crippen LogP contribution in [0.4, 0.5) is 0 Å². The lowest BCUT2D eigenvalue weighted by Crippen LogP contribution is -2.37. The Kier molecular flexibility index (Phi) is 25.3. The van der Waals surface area contributed by atoms with Crippen LogP contribution in [0.2, 0.25) is 0 Å². The second-order valence-electron chi connectivity index (χ2n) is 14.0. The van der Waals surface area contributed by atoms with Crippen molar-refractivity contribution in [1.29, 1.82) is 0 Å². The first-order valence-electron chi connectivity index (χ1n) is 20.0.